The Hall–Kier alpha value is -1.49. The van der Waals surface area contributed by atoms with E-state index in [0.717, 1.165) is 19.3 Å². The van der Waals surface area contributed by atoms with E-state index in [-0.39, 0.29) is 24.0 Å². The summed E-state index contributed by atoms with van der Waals surface area (Å²) in [6, 6.07) is 0.0192. The highest BCUT2D eigenvalue weighted by Gasteiger charge is 2.39. The van der Waals surface area contributed by atoms with E-state index in [1.54, 1.807) is 13.1 Å². The molecule has 0 radical (unpaired) electrons. The van der Waals surface area contributed by atoms with Gasteiger partial charge in [0.15, 0.2) is 0 Å². The van der Waals surface area contributed by atoms with Crippen LogP contribution in [0.4, 0.5) is 0 Å². The second kappa shape index (κ2) is 5.25. The average Bonchev–Trinajstić information content (AvgIpc) is 2.71. The Morgan fingerprint density at radius 2 is 2.32 bits per heavy atom. The lowest BCUT2D eigenvalue weighted by molar-refractivity contribution is 0.0829. The molecule has 5 nitrogen and oxygen atoms in total. The van der Waals surface area contributed by atoms with Gasteiger partial charge in [0, 0.05) is 17.7 Å². The van der Waals surface area contributed by atoms with Gasteiger partial charge in [-0.15, -0.1) is 0 Å². The summed E-state index contributed by atoms with van der Waals surface area (Å²) in [6.45, 7) is 5.72. The second-order valence-electron chi connectivity index (χ2n) is 5.65. The fraction of sp³-hybridized carbons (Fsp3) is 0.643. The van der Waals surface area contributed by atoms with Crippen LogP contribution in [-0.2, 0) is 0 Å². The number of hydrogen-bond donors (Lipinski definition) is 2. The first-order valence-corrected chi connectivity index (χ1v) is 6.68. The van der Waals surface area contributed by atoms with Crippen molar-refractivity contribution in [1.82, 2.24) is 15.3 Å². The lowest BCUT2D eigenvalue weighted by Gasteiger charge is -2.30. The summed E-state index contributed by atoms with van der Waals surface area (Å²) in [6.07, 6.45) is 4.45. The van der Waals surface area contributed by atoms with Crippen molar-refractivity contribution in [2.75, 3.05) is 6.61 Å². The molecule has 1 aromatic heterocycles. The van der Waals surface area contributed by atoms with E-state index in [9.17, 15) is 9.90 Å². The van der Waals surface area contributed by atoms with E-state index in [2.05, 4.69) is 15.3 Å². The highest BCUT2D eigenvalue weighted by Crippen LogP contribution is 2.37. The zero-order chi connectivity index (χ0) is 14.0. The lowest BCUT2D eigenvalue weighted by Crippen LogP contribution is -2.45. The topological polar surface area (TPSA) is 75.1 Å². The normalized spacial score (nSPS) is 26.4. The van der Waals surface area contributed by atoms with Crippen molar-refractivity contribution < 1.29 is 9.90 Å². The monoisotopic (exact) mass is 263 g/mol. The largest absolute Gasteiger partial charge is 0.396 e. The van der Waals surface area contributed by atoms with E-state index in [1.807, 2.05) is 13.8 Å². The number of carbonyl (C=O) groups excluding carboxylic acids is 1. The first-order chi connectivity index (χ1) is 8.96. The minimum atomic E-state index is -0.213. The number of amides is 1. The van der Waals surface area contributed by atoms with Crippen LogP contribution in [0.15, 0.2) is 6.20 Å². The Balaban J connectivity index is 2.13. The van der Waals surface area contributed by atoms with Crippen LogP contribution in [0, 0.1) is 19.3 Å². The molecule has 0 aromatic carbocycles. The van der Waals surface area contributed by atoms with Crippen LogP contribution < -0.4 is 5.32 Å². The molecule has 5 heteroatoms. The van der Waals surface area contributed by atoms with Crippen molar-refractivity contribution in [2.45, 2.75) is 46.1 Å². The molecule has 0 aliphatic heterocycles. The summed E-state index contributed by atoms with van der Waals surface area (Å²) >= 11 is 0. The number of rotatable bonds is 3. The van der Waals surface area contributed by atoms with E-state index in [0.29, 0.717) is 17.1 Å². The maximum absolute atomic E-state index is 12.3. The molecule has 2 unspecified atom stereocenters. The van der Waals surface area contributed by atoms with Gasteiger partial charge < -0.3 is 10.4 Å². The quantitative estimate of drug-likeness (QED) is 0.863. The highest BCUT2D eigenvalue weighted by molar-refractivity contribution is 5.95. The molecule has 2 N–H and O–H groups in total. The molecular formula is C14H21N3O2. The fourth-order valence-electron chi connectivity index (χ4n) is 2.71. The molecule has 1 aliphatic carbocycles. The summed E-state index contributed by atoms with van der Waals surface area (Å²) in [5.41, 5.74) is 0.987. The molecule has 0 saturated heterocycles. The Kier molecular flexibility index (Phi) is 3.85. The maximum atomic E-state index is 12.3. The van der Waals surface area contributed by atoms with Crippen LogP contribution in [0.3, 0.4) is 0 Å². The number of aryl methyl sites for hydroxylation is 2. The molecule has 1 amide bonds. The summed E-state index contributed by atoms with van der Waals surface area (Å²) in [5.74, 6) is 0.513. The molecule has 2 atom stereocenters. The molecule has 1 heterocycles. The summed E-state index contributed by atoms with van der Waals surface area (Å²) in [5, 5.41) is 12.5. The zero-order valence-electron chi connectivity index (χ0n) is 11.7. The number of aromatic nitrogens is 2. The third kappa shape index (κ3) is 2.76. The Morgan fingerprint density at radius 1 is 1.58 bits per heavy atom. The molecule has 1 aliphatic rings. The first kappa shape index (κ1) is 13.9. The molecular weight excluding hydrogens is 242 g/mol. The highest BCUT2D eigenvalue weighted by atomic mass is 16.3. The predicted octanol–water partition coefficient (Wildman–Crippen LogP) is 1.37. The molecule has 2 rings (SSSR count). The average molecular weight is 263 g/mol. The van der Waals surface area contributed by atoms with Crippen LogP contribution in [0.2, 0.25) is 0 Å². The van der Waals surface area contributed by atoms with Gasteiger partial charge >= 0.3 is 0 Å². The molecule has 1 fully saturated rings. The van der Waals surface area contributed by atoms with Gasteiger partial charge in [-0.2, -0.15) is 0 Å². The Morgan fingerprint density at radius 3 is 2.95 bits per heavy atom. The smallest absolute Gasteiger partial charge is 0.254 e. The summed E-state index contributed by atoms with van der Waals surface area (Å²) < 4.78 is 0. The van der Waals surface area contributed by atoms with Gasteiger partial charge in [0.05, 0.1) is 17.9 Å². The van der Waals surface area contributed by atoms with Crippen LogP contribution >= 0.6 is 0 Å². The third-order valence-electron chi connectivity index (χ3n) is 4.09. The van der Waals surface area contributed by atoms with Crippen LogP contribution in [0.25, 0.3) is 0 Å². The minimum Gasteiger partial charge on any atom is -0.396 e. The number of aliphatic hydroxyl groups is 1. The van der Waals surface area contributed by atoms with E-state index >= 15 is 0 Å². The van der Waals surface area contributed by atoms with Gasteiger partial charge in [-0.1, -0.05) is 13.3 Å². The third-order valence-corrected chi connectivity index (χ3v) is 4.09. The number of hydrogen-bond acceptors (Lipinski definition) is 4. The van der Waals surface area contributed by atoms with Crippen molar-refractivity contribution >= 4 is 5.91 Å². The van der Waals surface area contributed by atoms with Crippen molar-refractivity contribution in [1.29, 1.82) is 0 Å². The summed E-state index contributed by atoms with van der Waals surface area (Å²) in [7, 11) is 0. The van der Waals surface area contributed by atoms with Gasteiger partial charge in [-0.25, -0.2) is 9.97 Å². The van der Waals surface area contributed by atoms with Gasteiger partial charge in [-0.05, 0) is 26.7 Å². The van der Waals surface area contributed by atoms with Gasteiger partial charge in [0.25, 0.3) is 5.91 Å². The van der Waals surface area contributed by atoms with Crippen molar-refractivity contribution in [3.05, 3.63) is 23.3 Å². The van der Waals surface area contributed by atoms with E-state index in [1.165, 1.54) is 0 Å². The van der Waals surface area contributed by atoms with Crippen molar-refractivity contribution in [3.63, 3.8) is 0 Å². The van der Waals surface area contributed by atoms with Crippen LogP contribution in [0.5, 0.6) is 0 Å². The standard InChI is InChI=1S/C14H21N3O2/c1-9-11(7-15-10(2)16-9)13(19)17-12-5-4-6-14(12,3)8-18/h7,12,18H,4-6,8H2,1-3H3,(H,17,19). The number of aliphatic hydroxyl groups excluding tert-OH is 1. The lowest BCUT2D eigenvalue weighted by atomic mass is 9.85. The zero-order valence-corrected chi connectivity index (χ0v) is 11.7. The summed E-state index contributed by atoms with van der Waals surface area (Å²) in [4.78, 5) is 20.5. The van der Waals surface area contributed by atoms with Gasteiger partial charge in [0.2, 0.25) is 0 Å². The van der Waals surface area contributed by atoms with Crippen LogP contribution in [-0.4, -0.2) is 33.6 Å². The number of nitrogens with zero attached hydrogens (tertiary/aromatic N) is 2. The molecule has 1 saturated carbocycles. The van der Waals surface area contributed by atoms with E-state index < -0.39 is 0 Å². The van der Waals surface area contributed by atoms with E-state index in [4.69, 9.17) is 0 Å². The molecule has 19 heavy (non-hydrogen) atoms. The van der Waals surface area contributed by atoms with Gasteiger partial charge in [0.1, 0.15) is 5.82 Å². The molecule has 0 bridgehead atoms. The maximum Gasteiger partial charge on any atom is 0.254 e. The SMILES string of the molecule is Cc1ncc(C(=O)NC2CCCC2(C)CO)c(C)n1. The van der Waals surface area contributed by atoms with Crippen molar-refractivity contribution in [2.24, 2.45) is 5.41 Å². The predicted molar refractivity (Wildman–Crippen MR) is 71.8 cm³/mol. The minimum absolute atomic E-state index is 0.0192. The fourth-order valence-corrected chi connectivity index (χ4v) is 2.71. The second-order valence-corrected chi connectivity index (χ2v) is 5.65. The number of carbonyl (C=O) groups is 1. The van der Waals surface area contributed by atoms with Crippen molar-refractivity contribution in [3.8, 4) is 0 Å². The Labute approximate surface area is 113 Å². The van der Waals surface area contributed by atoms with Gasteiger partial charge in [-0.3, -0.25) is 4.79 Å². The molecule has 0 spiro atoms. The first-order valence-electron chi connectivity index (χ1n) is 6.68. The molecule has 104 valence electrons. The number of nitrogens with one attached hydrogen (secondary N) is 1. The molecule has 1 aromatic rings. The Bertz CT molecular complexity index is 490. The van der Waals surface area contributed by atoms with Crippen LogP contribution in [0.1, 0.15) is 48.1 Å².